The molecule has 5 rings (SSSR count). The minimum atomic E-state index is -0.789. The van der Waals surface area contributed by atoms with Gasteiger partial charge in [-0.05, 0) is 89.7 Å². The first-order valence-corrected chi connectivity index (χ1v) is 16.6. The van der Waals surface area contributed by atoms with E-state index < -0.39 is 6.10 Å². The highest BCUT2D eigenvalue weighted by atomic mass is 16.5. The number of aromatic hydroxyl groups is 1. The van der Waals surface area contributed by atoms with Crippen LogP contribution >= 0.6 is 0 Å². The van der Waals surface area contributed by atoms with E-state index in [-0.39, 0.29) is 36.6 Å². The number of carbonyl (C=O) groups excluding carboxylic acids is 2. The number of hydrogen-bond acceptors (Lipinski definition) is 7. The van der Waals surface area contributed by atoms with Crippen molar-refractivity contribution >= 4 is 11.8 Å². The smallest absolute Gasteiger partial charge is 0.251 e. The molecule has 258 valence electrons. The standard InChI is InChI=1S/C41H43N3O6/c1-28(42-26-39(47)34-16-19-38(46)35(23-34)27-45)20-31-6-5-7-32(21-31)22-40(48)43-24-29-10-14-33(15-11-29)41(49)44-25-30-12-17-37(18-13-30)50-36-8-3-2-4-9-36/h2-19,21,23,28,39,42,45-47H,20,22,24-27H2,1H3,(H,43,48)(H,44,49)/t28-,39+/m1/s1. The number of ether oxygens (including phenoxy) is 1. The van der Waals surface area contributed by atoms with Gasteiger partial charge in [-0.3, -0.25) is 9.59 Å². The van der Waals surface area contributed by atoms with Crippen LogP contribution in [0.2, 0.25) is 0 Å². The second kappa shape index (κ2) is 17.8. The molecule has 5 aromatic rings. The first-order valence-electron chi connectivity index (χ1n) is 16.6. The molecule has 6 N–H and O–H groups in total. The quantitative estimate of drug-likeness (QED) is 0.0788. The van der Waals surface area contributed by atoms with Gasteiger partial charge >= 0.3 is 0 Å². The molecule has 0 aromatic heterocycles. The third-order valence-corrected chi connectivity index (χ3v) is 8.28. The molecule has 0 radical (unpaired) electrons. The Kier molecular flexibility index (Phi) is 12.7. The molecule has 0 spiro atoms. The Hall–Kier alpha value is -5.48. The second-order valence-electron chi connectivity index (χ2n) is 12.3. The fraction of sp³-hybridized carbons (Fsp3) is 0.220. The lowest BCUT2D eigenvalue weighted by molar-refractivity contribution is -0.120. The Morgan fingerprint density at radius 1 is 0.720 bits per heavy atom. The number of aliphatic hydroxyl groups is 2. The van der Waals surface area contributed by atoms with Crippen LogP contribution in [0.25, 0.3) is 0 Å². The molecule has 0 saturated heterocycles. The van der Waals surface area contributed by atoms with Gasteiger partial charge < -0.3 is 36.0 Å². The number of para-hydroxylation sites is 1. The average molecular weight is 674 g/mol. The predicted octanol–water partition coefficient (Wildman–Crippen LogP) is 5.72. The molecular formula is C41H43N3O6. The van der Waals surface area contributed by atoms with Crippen LogP contribution < -0.4 is 20.7 Å². The summed E-state index contributed by atoms with van der Waals surface area (Å²) in [4.78, 5) is 25.5. The summed E-state index contributed by atoms with van der Waals surface area (Å²) in [6.07, 6.45) is 0.153. The molecule has 0 unspecified atom stereocenters. The summed E-state index contributed by atoms with van der Waals surface area (Å²) in [6.45, 7) is 2.77. The van der Waals surface area contributed by atoms with Gasteiger partial charge in [0.2, 0.25) is 5.91 Å². The van der Waals surface area contributed by atoms with Crippen molar-refractivity contribution < 1.29 is 29.6 Å². The Morgan fingerprint density at radius 2 is 1.38 bits per heavy atom. The first-order chi connectivity index (χ1) is 24.2. The Morgan fingerprint density at radius 3 is 2.10 bits per heavy atom. The van der Waals surface area contributed by atoms with Gasteiger partial charge in [-0.25, -0.2) is 0 Å². The maximum Gasteiger partial charge on any atom is 0.251 e. The predicted molar refractivity (Wildman–Crippen MR) is 193 cm³/mol. The molecule has 5 aromatic carbocycles. The Bertz CT molecular complexity index is 1850. The fourth-order valence-electron chi connectivity index (χ4n) is 5.47. The molecular weight excluding hydrogens is 630 g/mol. The van der Waals surface area contributed by atoms with Crippen LogP contribution in [0, 0.1) is 0 Å². The molecule has 0 aliphatic carbocycles. The van der Waals surface area contributed by atoms with Crippen LogP contribution in [-0.4, -0.2) is 39.7 Å². The zero-order valence-corrected chi connectivity index (χ0v) is 28.0. The molecule has 0 heterocycles. The second-order valence-corrected chi connectivity index (χ2v) is 12.3. The van der Waals surface area contributed by atoms with Crippen LogP contribution in [0.4, 0.5) is 0 Å². The minimum absolute atomic E-state index is 0.000701. The van der Waals surface area contributed by atoms with E-state index in [4.69, 9.17) is 4.74 Å². The number of rotatable bonds is 16. The number of benzene rings is 5. The van der Waals surface area contributed by atoms with E-state index in [2.05, 4.69) is 16.0 Å². The van der Waals surface area contributed by atoms with Crippen molar-refractivity contribution in [1.82, 2.24) is 16.0 Å². The summed E-state index contributed by atoms with van der Waals surface area (Å²) < 4.78 is 5.82. The molecule has 9 heteroatoms. The third-order valence-electron chi connectivity index (χ3n) is 8.28. The topological polar surface area (TPSA) is 140 Å². The molecule has 2 atom stereocenters. The number of hydrogen-bond donors (Lipinski definition) is 6. The van der Waals surface area contributed by atoms with E-state index in [9.17, 15) is 24.9 Å². The lowest BCUT2D eigenvalue weighted by Gasteiger charge is -2.18. The fourth-order valence-corrected chi connectivity index (χ4v) is 5.47. The van der Waals surface area contributed by atoms with Gasteiger partial charge in [-0.2, -0.15) is 0 Å². The van der Waals surface area contributed by atoms with Gasteiger partial charge in [0.25, 0.3) is 5.91 Å². The van der Waals surface area contributed by atoms with Crippen molar-refractivity contribution in [3.8, 4) is 17.2 Å². The molecule has 2 amide bonds. The van der Waals surface area contributed by atoms with Crippen molar-refractivity contribution in [2.45, 2.75) is 51.6 Å². The monoisotopic (exact) mass is 673 g/mol. The third kappa shape index (κ3) is 10.8. The number of nitrogens with one attached hydrogen (secondary N) is 3. The van der Waals surface area contributed by atoms with Crippen molar-refractivity contribution in [2.24, 2.45) is 0 Å². The summed E-state index contributed by atoms with van der Waals surface area (Å²) in [7, 11) is 0. The molecule has 0 aliphatic rings. The number of amides is 2. The van der Waals surface area contributed by atoms with Gasteiger partial charge in [-0.1, -0.05) is 72.8 Å². The van der Waals surface area contributed by atoms with Crippen LogP contribution in [0.1, 0.15) is 56.8 Å². The summed E-state index contributed by atoms with van der Waals surface area (Å²) in [5.74, 6) is 1.20. The number of aliphatic hydroxyl groups excluding tert-OH is 2. The normalized spacial score (nSPS) is 12.1. The van der Waals surface area contributed by atoms with E-state index >= 15 is 0 Å². The summed E-state index contributed by atoms with van der Waals surface area (Å²) in [6, 6.07) is 37.0. The van der Waals surface area contributed by atoms with E-state index in [0.29, 0.717) is 42.7 Å². The van der Waals surface area contributed by atoms with Gasteiger partial charge in [0.05, 0.1) is 19.1 Å². The molecule has 0 fully saturated rings. The lowest BCUT2D eigenvalue weighted by atomic mass is 10.0. The number of carbonyl (C=O) groups is 2. The van der Waals surface area contributed by atoms with Crippen LogP contribution in [-0.2, 0) is 37.3 Å². The van der Waals surface area contributed by atoms with E-state index in [0.717, 1.165) is 33.8 Å². The van der Waals surface area contributed by atoms with Crippen molar-refractivity contribution in [3.63, 3.8) is 0 Å². The Labute approximate surface area is 292 Å². The SMILES string of the molecule is C[C@H](Cc1cccc(CC(=O)NCc2ccc(C(=O)NCc3ccc(Oc4ccccc4)cc3)cc2)c1)NC[C@H](O)c1ccc(O)c(CO)c1. The van der Waals surface area contributed by atoms with Crippen LogP contribution in [0.5, 0.6) is 17.2 Å². The maximum atomic E-state index is 12.8. The van der Waals surface area contributed by atoms with Crippen molar-refractivity contribution in [2.75, 3.05) is 6.54 Å². The van der Waals surface area contributed by atoms with Crippen molar-refractivity contribution in [3.05, 3.63) is 160 Å². The van der Waals surface area contributed by atoms with Gasteiger partial charge in [-0.15, -0.1) is 0 Å². The Balaban J connectivity index is 1.02. The minimum Gasteiger partial charge on any atom is -0.508 e. The summed E-state index contributed by atoms with van der Waals surface area (Å²) in [5.41, 5.74) is 5.34. The summed E-state index contributed by atoms with van der Waals surface area (Å²) >= 11 is 0. The van der Waals surface area contributed by atoms with Gasteiger partial charge in [0, 0.05) is 36.8 Å². The first kappa shape index (κ1) is 35.8. The van der Waals surface area contributed by atoms with Crippen molar-refractivity contribution in [1.29, 1.82) is 0 Å². The van der Waals surface area contributed by atoms with Gasteiger partial charge in [0.1, 0.15) is 17.2 Å². The van der Waals surface area contributed by atoms with E-state index in [1.807, 2.05) is 97.9 Å². The maximum absolute atomic E-state index is 12.8. The van der Waals surface area contributed by atoms with E-state index in [1.54, 1.807) is 24.3 Å². The largest absolute Gasteiger partial charge is 0.508 e. The van der Waals surface area contributed by atoms with Crippen LogP contribution in [0.3, 0.4) is 0 Å². The highest BCUT2D eigenvalue weighted by molar-refractivity contribution is 5.94. The average Bonchev–Trinajstić information content (AvgIpc) is 3.13. The zero-order valence-electron chi connectivity index (χ0n) is 28.0. The van der Waals surface area contributed by atoms with Gasteiger partial charge in [0.15, 0.2) is 0 Å². The molecule has 9 nitrogen and oxygen atoms in total. The zero-order chi connectivity index (χ0) is 35.3. The highest BCUT2D eigenvalue weighted by Gasteiger charge is 2.13. The molecule has 0 saturated carbocycles. The lowest BCUT2D eigenvalue weighted by Crippen LogP contribution is -2.32. The summed E-state index contributed by atoms with van der Waals surface area (Å²) in [5, 5.41) is 38.9. The van der Waals surface area contributed by atoms with Crippen LogP contribution in [0.15, 0.2) is 121 Å². The van der Waals surface area contributed by atoms with E-state index in [1.165, 1.54) is 6.07 Å². The highest BCUT2D eigenvalue weighted by Crippen LogP contribution is 2.23. The molecule has 50 heavy (non-hydrogen) atoms. The molecule has 0 aliphatic heterocycles. The number of phenols is 1. The molecule has 0 bridgehead atoms.